The number of nitrogens with one attached hydrogen (secondary N) is 1. The Labute approximate surface area is 255 Å². The van der Waals surface area contributed by atoms with E-state index < -0.39 is 0 Å². The molecule has 6 aromatic rings. The number of benzene rings is 6. The van der Waals surface area contributed by atoms with Crippen LogP contribution in [-0.4, -0.2) is 10.9 Å². The molecule has 2 atom stereocenters. The molecule has 43 heavy (non-hydrogen) atoms. The van der Waals surface area contributed by atoms with Crippen LogP contribution in [0.1, 0.15) is 73.9 Å². The second-order valence-electron chi connectivity index (χ2n) is 12.5. The van der Waals surface area contributed by atoms with Crippen molar-refractivity contribution in [3.63, 3.8) is 0 Å². The topological polar surface area (TPSA) is 15.0 Å². The molecule has 0 aliphatic carbocycles. The molecule has 2 heteroatoms. The SMILES string of the molecule is CC(C)c1cc(-c2c3ccccc3cc3ccccc23)cc(C(C)C)c1[N+]1=CNC(c2ccccc2)C1c1ccccc1. The largest absolute Gasteiger partial charge is 0.269 e. The summed E-state index contributed by atoms with van der Waals surface area (Å²) in [6, 6.07) is 47.1. The van der Waals surface area contributed by atoms with E-state index in [-0.39, 0.29) is 12.1 Å². The van der Waals surface area contributed by atoms with Gasteiger partial charge in [0.2, 0.25) is 6.34 Å². The van der Waals surface area contributed by atoms with E-state index in [2.05, 4.69) is 171 Å². The van der Waals surface area contributed by atoms with E-state index in [9.17, 15) is 0 Å². The van der Waals surface area contributed by atoms with Crippen LogP contribution in [0, 0.1) is 0 Å². The fourth-order valence-electron chi connectivity index (χ4n) is 6.97. The minimum atomic E-state index is 0.128. The van der Waals surface area contributed by atoms with Crippen molar-refractivity contribution in [1.82, 2.24) is 5.32 Å². The predicted octanol–water partition coefficient (Wildman–Crippen LogP) is 10.7. The first-order valence-electron chi connectivity index (χ1n) is 15.6. The molecule has 1 aliphatic rings. The Kier molecular flexibility index (Phi) is 7.07. The normalized spacial score (nSPS) is 16.7. The van der Waals surface area contributed by atoms with E-state index in [1.165, 1.54) is 60.6 Å². The van der Waals surface area contributed by atoms with E-state index in [1.807, 2.05) is 0 Å². The standard InChI is InChI=1S/C41H38N2/c1-27(2)36-24-33(38-34-21-13-11-19-31(34)23-32-20-12-14-22-35(32)38)25-37(28(3)4)41(36)43-26-42-39(29-15-7-5-8-16-29)40(43)30-17-9-6-10-18-30/h5-28,39-40H,1-4H3/p+1. The van der Waals surface area contributed by atoms with Gasteiger partial charge in [0.15, 0.2) is 12.1 Å². The van der Waals surface area contributed by atoms with Gasteiger partial charge in [0.1, 0.15) is 5.69 Å². The third-order valence-corrected chi connectivity index (χ3v) is 9.04. The Morgan fingerprint density at radius 3 is 1.58 bits per heavy atom. The monoisotopic (exact) mass is 559 g/mol. The van der Waals surface area contributed by atoms with Gasteiger partial charge in [0, 0.05) is 22.3 Å². The minimum absolute atomic E-state index is 0.128. The van der Waals surface area contributed by atoms with Gasteiger partial charge in [0.05, 0.1) is 0 Å². The molecule has 0 radical (unpaired) electrons. The average molecular weight is 560 g/mol. The zero-order chi connectivity index (χ0) is 29.5. The molecule has 0 aromatic heterocycles. The molecule has 7 rings (SSSR count). The van der Waals surface area contributed by atoms with Crippen LogP contribution in [-0.2, 0) is 0 Å². The molecule has 0 bridgehead atoms. The van der Waals surface area contributed by atoms with Gasteiger partial charge < -0.3 is 0 Å². The van der Waals surface area contributed by atoms with E-state index in [0.717, 1.165) is 0 Å². The van der Waals surface area contributed by atoms with E-state index in [4.69, 9.17) is 0 Å². The highest BCUT2D eigenvalue weighted by Gasteiger charge is 2.41. The first-order chi connectivity index (χ1) is 21.0. The Balaban J connectivity index is 1.49. The Hall–Kier alpha value is -4.69. The Morgan fingerprint density at radius 1 is 0.558 bits per heavy atom. The van der Waals surface area contributed by atoms with Crippen LogP contribution in [0.25, 0.3) is 32.7 Å². The predicted molar refractivity (Wildman–Crippen MR) is 183 cm³/mol. The van der Waals surface area contributed by atoms with Crippen molar-refractivity contribution in [2.45, 2.75) is 51.6 Å². The highest BCUT2D eigenvalue weighted by Crippen LogP contribution is 2.47. The van der Waals surface area contributed by atoms with Crippen molar-refractivity contribution in [2.24, 2.45) is 0 Å². The molecule has 0 spiro atoms. The summed E-state index contributed by atoms with van der Waals surface area (Å²) in [5.41, 5.74) is 9.33. The molecular weight excluding hydrogens is 520 g/mol. The van der Waals surface area contributed by atoms with Crippen molar-refractivity contribution in [3.05, 3.63) is 150 Å². The van der Waals surface area contributed by atoms with Gasteiger partial charge in [-0.25, -0.2) is 4.58 Å². The molecule has 1 N–H and O–H groups in total. The van der Waals surface area contributed by atoms with Gasteiger partial charge in [0.25, 0.3) is 0 Å². The van der Waals surface area contributed by atoms with Crippen LogP contribution in [0.3, 0.4) is 0 Å². The third kappa shape index (κ3) is 4.81. The van der Waals surface area contributed by atoms with Crippen LogP contribution in [0.5, 0.6) is 0 Å². The molecule has 2 nitrogen and oxygen atoms in total. The quantitative estimate of drug-likeness (QED) is 0.158. The van der Waals surface area contributed by atoms with Crippen molar-refractivity contribution < 1.29 is 4.58 Å². The van der Waals surface area contributed by atoms with Crippen molar-refractivity contribution in [1.29, 1.82) is 0 Å². The lowest BCUT2D eigenvalue weighted by Crippen LogP contribution is -2.21. The molecule has 0 saturated carbocycles. The maximum Gasteiger partial charge on any atom is 0.238 e. The van der Waals surface area contributed by atoms with Crippen LogP contribution in [0.2, 0.25) is 0 Å². The number of hydrogen-bond acceptors (Lipinski definition) is 1. The van der Waals surface area contributed by atoms with Gasteiger partial charge in [-0.15, -0.1) is 0 Å². The number of rotatable bonds is 6. The number of nitrogens with zero attached hydrogens (tertiary/aromatic N) is 1. The third-order valence-electron chi connectivity index (χ3n) is 9.04. The van der Waals surface area contributed by atoms with Gasteiger partial charge in [-0.2, -0.15) is 0 Å². The number of hydrogen-bond donors (Lipinski definition) is 1. The first kappa shape index (κ1) is 27.2. The lowest BCUT2D eigenvalue weighted by molar-refractivity contribution is -0.482. The lowest BCUT2D eigenvalue weighted by atomic mass is 9.84. The zero-order valence-electron chi connectivity index (χ0n) is 25.5. The van der Waals surface area contributed by atoms with Crippen molar-refractivity contribution in [3.8, 4) is 11.1 Å². The summed E-state index contributed by atoms with van der Waals surface area (Å²) >= 11 is 0. The van der Waals surface area contributed by atoms with Crippen molar-refractivity contribution >= 4 is 33.6 Å². The summed E-state index contributed by atoms with van der Waals surface area (Å²) in [5.74, 6) is 0.684. The lowest BCUT2D eigenvalue weighted by Gasteiger charge is -2.26. The molecule has 212 valence electrons. The molecule has 6 aromatic carbocycles. The summed E-state index contributed by atoms with van der Waals surface area (Å²) in [5, 5.41) is 8.97. The van der Waals surface area contributed by atoms with E-state index in [0.29, 0.717) is 11.8 Å². The van der Waals surface area contributed by atoms with Crippen molar-refractivity contribution in [2.75, 3.05) is 0 Å². The second-order valence-corrected chi connectivity index (χ2v) is 12.5. The van der Waals surface area contributed by atoms with Crippen LogP contribution in [0.4, 0.5) is 5.69 Å². The highest BCUT2D eigenvalue weighted by molar-refractivity contribution is 6.12. The Morgan fingerprint density at radius 2 is 1.05 bits per heavy atom. The fraction of sp³-hybridized carbons (Fsp3) is 0.195. The Bertz CT molecular complexity index is 1870. The molecular formula is C41H39N2+. The highest BCUT2D eigenvalue weighted by atomic mass is 15.2. The van der Waals surface area contributed by atoms with Gasteiger partial charge in [-0.1, -0.05) is 137 Å². The summed E-state index contributed by atoms with van der Waals surface area (Å²) in [4.78, 5) is 0. The molecule has 1 aliphatic heterocycles. The minimum Gasteiger partial charge on any atom is -0.269 e. The first-order valence-corrected chi connectivity index (χ1v) is 15.6. The second kappa shape index (κ2) is 11.2. The summed E-state index contributed by atoms with van der Waals surface area (Å²) in [6.45, 7) is 9.35. The summed E-state index contributed by atoms with van der Waals surface area (Å²) < 4.78 is 2.53. The van der Waals surface area contributed by atoms with Crippen LogP contribution < -0.4 is 5.32 Å². The molecule has 2 unspecified atom stereocenters. The summed E-state index contributed by atoms with van der Waals surface area (Å²) in [7, 11) is 0. The molecule has 0 amide bonds. The zero-order valence-corrected chi connectivity index (χ0v) is 25.5. The van der Waals surface area contributed by atoms with Gasteiger partial charge in [-0.3, -0.25) is 5.32 Å². The maximum absolute atomic E-state index is 3.80. The maximum atomic E-state index is 3.80. The van der Waals surface area contributed by atoms with Crippen LogP contribution in [0.15, 0.2) is 127 Å². The molecule has 0 fully saturated rings. The van der Waals surface area contributed by atoms with E-state index >= 15 is 0 Å². The molecule has 0 saturated heterocycles. The smallest absolute Gasteiger partial charge is 0.238 e. The average Bonchev–Trinajstić information content (AvgIpc) is 3.48. The number of fused-ring (bicyclic) bond motifs is 2. The van der Waals surface area contributed by atoms with Gasteiger partial charge >= 0.3 is 0 Å². The van der Waals surface area contributed by atoms with E-state index in [1.54, 1.807) is 0 Å². The molecule has 1 heterocycles. The summed E-state index contributed by atoms with van der Waals surface area (Å²) in [6.07, 6.45) is 2.23. The van der Waals surface area contributed by atoms with Crippen LogP contribution >= 0.6 is 0 Å². The van der Waals surface area contributed by atoms with Gasteiger partial charge in [-0.05, 0) is 62.7 Å². The fourth-order valence-corrected chi connectivity index (χ4v) is 6.97.